The Morgan fingerprint density at radius 1 is 1.24 bits per heavy atom. The van der Waals surface area contributed by atoms with Gasteiger partial charge in [-0.25, -0.2) is 13.4 Å². The van der Waals surface area contributed by atoms with Crippen molar-refractivity contribution in [1.29, 1.82) is 0 Å². The second-order valence-electron chi connectivity index (χ2n) is 5.27. The van der Waals surface area contributed by atoms with E-state index >= 15 is 0 Å². The van der Waals surface area contributed by atoms with Crippen LogP contribution in [0.5, 0.6) is 5.75 Å². The van der Waals surface area contributed by atoms with Gasteiger partial charge in [0, 0.05) is 23.9 Å². The van der Waals surface area contributed by atoms with Gasteiger partial charge in [-0.15, -0.1) is 24.0 Å². The predicted octanol–water partition coefficient (Wildman–Crippen LogP) is 2.72. The van der Waals surface area contributed by atoms with Crippen LogP contribution in [0.2, 0.25) is 5.02 Å². The van der Waals surface area contributed by atoms with E-state index in [1.807, 2.05) is 26.0 Å². The molecule has 0 aliphatic rings. The number of hydrogen-bond acceptors (Lipinski definition) is 4. The van der Waals surface area contributed by atoms with Crippen molar-refractivity contribution in [3.63, 3.8) is 0 Å². The second-order valence-corrected chi connectivity index (χ2v) is 8.17. The van der Waals surface area contributed by atoms with Gasteiger partial charge in [0.2, 0.25) is 0 Å². The molecular weight excluding hydrogens is 477 g/mol. The summed E-state index contributed by atoms with van der Waals surface area (Å²) in [6.45, 7) is 6.98. The topological polar surface area (TPSA) is 79.8 Å². The molecule has 1 rings (SSSR count). The molecule has 25 heavy (non-hydrogen) atoms. The molecule has 0 saturated carbocycles. The van der Waals surface area contributed by atoms with E-state index in [4.69, 9.17) is 16.3 Å². The zero-order valence-corrected chi connectivity index (χ0v) is 18.7. The van der Waals surface area contributed by atoms with Gasteiger partial charge in [-0.1, -0.05) is 18.5 Å². The highest BCUT2D eigenvalue weighted by molar-refractivity contribution is 14.0. The third-order valence-electron chi connectivity index (χ3n) is 3.15. The number of ether oxygens (including phenoxy) is 1. The summed E-state index contributed by atoms with van der Waals surface area (Å²) in [5, 5.41) is 6.77. The monoisotopic (exact) mass is 503 g/mol. The van der Waals surface area contributed by atoms with Crippen molar-refractivity contribution in [2.45, 2.75) is 26.9 Å². The van der Waals surface area contributed by atoms with Crippen LogP contribution >= 0.6 is 35.6 Å². The first kappa shape index (κ1) is 24.3. The molecule has 0 aliphatic heterocycles. The standard InChI is InChI=1S/C16H26ClN3O3S.HI/c1-4-18-16(19-10-11-24(21,22)5-2)20-12-13(3)23-15-8-6-14(17)7-9-15;/h6-9,13H,4-5,10-12H2,1-3H3,(H2,18,19,20);1H. The van der Waals surface area contributed by atoms with Crippen molar-refractivity contribution in [2.75, 3.05) is 31.1 Å². The number of halogens is 2. The second kappa shape index (κ2) is 12.6. The molecule has 0 bridgehead atoms. The highest BCUT2D eigenvalue weighted by Gasteiger charge is 2.08. The molecule has 0 heterocycles. The van der Waals surface area contributed by atoms with Crippen LogP contribution in [0.25, 0.3) is 0 Å². The quantitative estimate of drug-likeness (QED) is 0.308. The lowest BCUT2D eigenvalue weighted by Gasteiger charge is -2.15. The van der Waals surface area contributed by atoms with Crippen molar-refractivity contribution in [1.82, 2.24) is 10.6 Å². The van der Waals surface area contributed by atoms with Gasteiger partial charge in [-0.2, -0.15) is 0 Å². The Hall–Kier alpha value is -0.740. The molecule has 1 unspecified atom stereocenters. The summed E-state index contributed by atoms with van der Waals surface area (Å²) in [6, 6.07) is 7.16. The molecule has 2 N–H and O–H groups in total. The highest BCUT2D eigenvalue weighted by atomic mass is 127. The number of nitrogens with zero attached hydrogens (tertiary/aromatic N) is 1. The van der Waals surface area contributed by atoms with Gasteiger partial charge in [-0.3, -0.25) is 0 Å². The van der Waals surface area contributed by atoms with Crippen molar-refractivity contribution in [2.24, 2.45) is 4.99 Å². The molecule has 144 valence electrons. The average molecular weight is 504 g/mol. The van der Waals surface area contributed by atoms with Gasteiger partial charge in [-0.05, 0) is 38.1 Å². The zero-order valence-electron chi connectivity index (χ0n) is 14.8. The smallest absolute Gasteiger partial charge is 0.191 e. The first-order valence-corrected chi connectivity index (χ1v) is 10.2. The van der Waals surface area contributed by atoms with E-state index in [0.717, 1.165) is 5.75 Å². The van der Waals surface area contributed by atoms with Crippen LogP contribution in [0.4, 0.5) is 0 Å². The first-order chi connectivity index (χ1) is 11.4. The molecule has 0 fully saturated rings. The van der Waals surface area contributed by atoms with Crippen LogP contribution in [0.15, 0.2) is 29.3 Å². The van der Waals surface area contributed by atoms with Gasteiger partial charge in [0.25, 0.3) is 0 Å². The first-order valence-electron chi connectivity index (χ1n) is 8.01. The lowest BCUT2D eigenvalue weighted by atomic mass is 10.3. The Kier molecular flexibility index (Phi) is 12.2. The Bertz CT molecular complexity index is 624. The van der Waals surface area contributed by atoms with Crippen molar-refractivity contribution < 1.29 is 13.2 Å². The van der Waals surface area contributed by atoms with E-state index in [2.05, 4.69) is 15.6 Å². The van der Waals surface area contributed by atoms with E-state index < -0.39 is 9.84 Å². The van der Waals surface area contributed by atoms with Crippen LogP contribution in [-0.4, -0.2) is 51.6 Å². The number of sulfone groups is 1. The van der Waals surface area contributed by atoms with Crippen LogP contribution in [0.3, 0.4) is 0 Å². The van der Waals surface area contributed by atoms with Gasteiger partial charge in [0.1, 0.15) is 11.9 Å². The highest BCUT2D eigenvalue weighted by Crippen LogP contribution is 2.16. The molecule has 1 atom stereocenters. The minimum atomic E-state index is -2.99. The Morgan fingerprint density at radius 2 is 1.88 bits per heavy atom. The van der Waals surface area contributed by atoms with Crippen LogP contribution in [0.1, 0.15) is 20.8 Å². The van der Waals surface area contributed by atoms with Gasteiger partial charge < -0.3 is 15.4 Å². The van der Waals surface area contributed by atoms with E-state index in [9.17, 15) is 8.42 Å². The molecule has 6 nitrogen and oxygen atoms in total. The summed E-state index contributed by atoms with van der Waals surface area (Å²) in [7, 11) is -2.99. The maximum Gasteiger partial charge on any atom is 0.191 e. The summed E-state index contributed by atoms with van der Waals surface area (Å²) < 4.78 is 28.8. The summed E-state index contributed by atoms with van der Waals surface area (Å²) >= 11 is 5.84. The largest absolute Gasteiger partial charge is 0.489 e. The zero-order chi connectivity index (χ0) is 18.0. The molecule has 0 radical (unpaired) electrons. The number of nitrogens with one attached hydrogen (secondary N) is 2. The fourth-order valence-corrected chi connectivity index (χ4v) is 2.64. The molecule has 9 heteroatoms. The average Bonchev–Trinajstić information content (AvgIpc) is 2.54. The third kappa shape index (κ3) is 10.8. The van der Waals surface area contributed by atoms with E-state index in [-0.39, 0.29) is 41.6 Å². The van der Waals surface area contributed by atoms with Crippen LogP contribution in [-0.2, 0) is 9.84 Å². The Morgan fingerprint density at radius 3 is 2.44 bits per heavy atom. The van der Waals surface area contributed by atoms with Gasteiger partial charge in [0.15, 0.2) is 15.8 Å². The number of aliphatic imine (C=N–C) groups is 1. The van der Waals surface area contributed by atoms with Crippen molar-refractivity contribution >= 4 is 51.4 Å². The molecule has 0 saturated heterocycles. The summed E-state index contributed by atoms with van der Waals surface area (Å²) in [5.74, 6) is 1.54. The predicted molar refractivity (Wildman–Crippen MR) is 115 cm³/mol. The summed E-state index contributed by atoms with van der Waals surface area (Å²) in [6.07, 6.45) is -0.124. The maximum absolute atomic E-state index is 11.5. The minimum Gasteiger partial charge on any atom is -0.489 e. The fraction of sp³-hybridized carbons (Fsp3) is 0.562. The Labute approximate surface area is 172 Å². The number of benzene rings is 1. The fourth-order valence-electron chi connectivity index (χ4n) is 1.81. The number of guanidine groups is 1. The normalized spacial score (nSPS) is 12.9. The molecule has 0 amide bonds. The maximum atomic E-state index is 11.5. The summed E-state index contributed by atoms with van der Waals surface area (Å²) in [5.41, 5.74) is 0. The molecule has 0 aromatic heterocycles. The molecule has 0 spiro atoms. The minimum absolute atomic E-state index is 0. The SMILES string of the molecule is CCNC(=NCC(C)Oc1ccc(Cl)cc1)NCCS(=O)(=O)CC.I. The summed E-state index contributed by atoms with van der Waals surface area (Å²) in [4.78, 5) is 4.42. The molecular formula is C16H27ClIN3O3S. The molecule has 0 aliphatic carbocycles. The van der Waals surface area contributed by atoms with E-state index in [1.165, 1.54) is 0 Å². The van der Waals surface area contributed by atoms with Crippen LogP contribution < -0.4 is 15.4 Å². The van der Waals surface area contributed by atoms with Gasteiger partial charge >= 0.3 is 0 Å². The molecule has 1 aromatic carbocycles. The number of rotatable bonds is 9. The molecule has 1 aromatic rings. The van der Waals surface area contributed by atoms with Crippen molar-refractivity contribution in [3.05, 3.63) is 29.3 Å². The third-order valence-corrected chi connectivity index (χ3v) is 5.10. The van der Waals surface area contributed by atoms with Gasteiger partial charge in [0.05, 0.1) is 12.3 Å². The van der Waals surface area contributed by atoms with Crippen LogP contribution in [0, 0.1) is 0 Å². The van der Waals surface area contributed by atoms with E-state index in [0.29, 0.717) is 30.6 Å². The lowest BCUT2D eigenvalue weighted by molar-refractivity contribution is 0.230. The Balaban J connectivity index is 0.00000576. The lowest BCUT2D eigenvalue weighted by Crippen LogP contribution is -2.40. The van der Waals surface area contributed by atoms with E-state index in [1.54, 1.807) is 19.1 Å². The number of hydrogen-bond donors (Lipinski definition) is 2. The van der Waals surface area contributed by atoms with Crippen molar-refractivity contribution in [3.8, 4) is 5.75 Å².